The van der Waals surface area contributed by atoms with Gasteiger partial charge in [-0.15, -0.1) is 0 Å². The summed E-state index contributed by atoms with van der Waals surface area (Å²) in [6.07, 6.45) is -10.6. The van der Waals surface area contributed by atoms with Crippen LogP contribution in [-0.2, 0) is 0 Å². The molecule has 0 saturated carbocycles. The highest BCUT2D eigenvalue weighted by atomic mass is 19.4. The summed E-state index contributed by atoms with van der Waals surface area (Å²) in [4.78, 5) is 12.1. The van der Waals surface area contributed by atoms with Gasteiger partial charge in [0.05, 0.1) is 25.7 Å². The van der Waals surface area contributed by atoms with Gasteiger partial charge in [-0.3, -0.25) is 0 Å². The Morgan fingerprint density at radius 3 is 1.33 bits per heavy atom. The third-order valence-corrected chi connectivity index (χ3v) is 5.83. The number of ether oxygens (including phenoxy) is 3. The number of hydrogen-bond acceptors (Lipinski definition) is 4. The first kappa shape index (κ1) is 37.5. The second kappa shape index (κ2) is 11.9. The SMILES string of the molecule is COc1ccc(C(=O)Oc2ccc(OCCC(F)(F)C(F)(F)C(F)(F)C(F)(F)C(F)(F)C(F)(F)C(F)(F)C(F)(F)F)cc2)cc1. The summed E-state index contributed by atoms with van der Waals surface area (Å²) < 4.78 is 241. The Bertz CT molecular complexity index is 1320. The maximum atomic E-state index is 14.0. The largest absolute Gasteiger partial charge is 0.497 e. The average Bonchev–Trinajstić information content (AvgIpc) is 2.92. The number of carbonyl (C=O) groups is 1. The van der Waals surface area contributed by atoms with Gasteiger partial charge in [-0.1, -0.05) is 0 Å². The number of methoxy groups -OCH3 is 1. The maximum Gasteiger partial charge on any atom is 0.460 e. The minimum atomic E-state index is -8.68. The van der Waals surface area contributed by atoms with Crippen molar-refractivity contribution < 1.29 is 93.6 Å². The van der Waals surface area contributed by atoms with Gasteiger partial charge >= 0.3 is 53.6 Å². The fourth-order valence-electron chi connectivity index (χ4n) is 3.15. The van der Waals surface area contributed by atoms with E-state index in [9.17, 15) is 79.4 Å². The second-order valence-corrected chi connectivity index (χ2v) is 8.84. The van der Waals surface area contributed by atoms with Crippen LogP contribution in [0.15, 0.2) is 48.5 Å². The van der Waals surface area contributed by atoms with Crippen molar-refractivity contribution in [2.75, 3.05) is 13.7 Å². The summed E-state index contributed by atoms with van der Waals surface area (Å²) in [5.74, 6) is -58.1. The van der Waals surface area contributed by atoms with Gasteiger partial charge in [-0.2, -0.15) is 74.6 Å². The van der Waals surface area contributed by atoms with Crippen LogP contribution in [0.25, 0.3) is 0 Å². The molecule has 0 aromatic heterocycles. The summed E-state index contributed by atoms with van der Waals surface area (Å²) >= 11 is 0. The van der Waals surface area contributed by atoms with Crippen molar-refractivity contribution in [3.05, 3.63) is 54.1 Å². The highest BCUT2D eigenvalue weighted by Gasteiger charge is 2.95. The number of alkyl halides is 17. The molecular weight excluding hydrogens is 675 g/mol. The van der Waals surface area contributed by atoms with Crippen LogP contribution in [0, 0.1) is 0 Å². The zero-order valence-electron chi connectivity index (χ0n) is 21.6. The molecule has 0 aliphatic carbocycles. The van der Waals surface area contributed by atoms with Gasteiger partial charge in [-0.25, -0.2) is 4.79 Å². The Labute approximate surface area is 239 Å². The third-order valence-electron chi connectivity index (χ3n) is 5.83. The maximum absolute atomic E-state index is 14.0. The predicted molar refractivity (Wildman–Crippen MR) is 115 cm³/mol. The fourth-order valence-corrected chi connectivity index (χ4v) is 3.15. The van der Waals surface area contributed by atoms with E-state index in [1.807, 2.05) is 0 Å². The Morgan fingerprint density at radius 1 is 0.533 bits per heavy atom. The van der Waals surface area contributed by atoms with Crippen molar-refractivity contribution >= 4 is 5.97 Å². The molecule has 0 radical (unpaired) electrons. The Balaban J connectivity index is 2.17. The van der Waals surface area contributed by atoms with Crippen LogP contribution in [0.4, 0.5) is 74.6 Å². The molecule has 45 heavy (non-hydrogen) atoms. The third kappa shape index (κ3) is 6.38. The van der Waals surface area contributed by atoms with Crippen molar-refractivity contribution in [3.8, 4) is 17.2 Å². The van der Waals surface area contributed by atoms with Gasteiger partial charge in [-0.05, 0) is 48.5 Å². The molecule has 0 aliphatic rings. The van der Waals surface area contributed by atoms with Crippen LogP contribution >= 0.6 is 0 Å². The quantitative estimate of drug-likeness (QED) is 0.120. The first-order valence-electron chi connectivity index (χ1n) is 11.4. The Morgan fingerprint density at radius 2 is 0.911 bits per heavy atom. The molecular formula is C24H15F17O4. The van der Waals surface area contributed by atoms with E-state index in [1.54, 1.807) is 0 Å². The van der Waals surface area contributed by atoms with Crippen LogP contribution in [0.2, 0.25) is 0 Å². The van der Waals surface area contributed by atoms with Crippen molar-refractivity contribution in [1.29, 1.82) is 0 Å². The molecule has 0 fully saturated rings. The number of halogens is 17. The van der Waals surface area contributed by atoms with Gasteiger partial charge < -0.3 is 14.2 Å². The first-order valence-corrected chi connectivity index (χ1v) is 11.4. The zero-order chi connectivity index (χ0) is 35.1. The molecule has 0 bridgehead atoms. The highest BCUT2D eigenvalue weighted by Crippen LogP contribution is 2.64. The summed E-state index contributed by atoms with van der Waals surface area (Å²) in [5.41, 5.74) is 0.0252. The lowest BCUT2D eigenvalue weighted by molar-refractivity contribution is -0.461. The molecule has 0 heterocycles. The van der Waals surface area contributed by atoms with Crippen LogP contribution in [-0.4, -0.2) is 67.3 Å². The van der Waals surface area contributed by atoms with E-state index in [0.717, 1.165) is 24.3 Å². The molecule has 21 heteroatoms. The van der Waals surface area contributed by atoms with Crippen LogP contribution < -0.4 is 14.2 Å². The molecule has 254 valence electrons. The standard InChI is InChI=1S/C24H15F17O4/c1-43-13-4-2-12(3-5-13)16(42)45-15-8-6-14(7-9-15)44-11-10-17(25,26)18(27,28)19(29,30)20(31,32)21(33,34)22(35,36)23(37,38)24(39,40)41/h2-9H,10-11H2,1H3. The van der Waals surface area contributed by atoms with Gasteiger partial charge in [0.2, 0.25) is 0 Å². The lowest BCUT2D eigenvalue weighted by atomic mass is 9.88. The van der Waals surface area contributed by atoms with E-state index in [4.69, 9.17) is 9.47 Å². The monoisotopic (exact) mass is 690 g/mol. The Hall–Kier alpha value is -3.68. The van der Waals surface area contributed by atoms with Crippen LogP contribution in [0.5, 0.6) is 17.2 Å². The molecule has 2 rings (SSSR count). The van der Waals surface area contributed by atoms with Gasteiger partial charge in [0.25, 0.3) is 0 Å². The summed E-state index contributed by atoms with van der Waals surface area (Å²) in [5, 5.41) is 0. The fraction of sp³-hybridized carbons (Fsp3) is 0.458. The topological polar surface area (TPSA) is 44.8 Å². The number of carbonyl (C=O) groups excluding carboxylic acids is 1. The number of rotatable bonds is 13. The molecule has 0 amide bonds. The molecule has 0 atom stereocenters. The average molecular weight is 690 g/mol. The molecule has 2 aromatic carbocycles. The summed E-state index contributed by atoms with van der Waals surface area (Å²) in [6, 6.07) is 8.90. The number of hydrogen-bond donors (Lipinski definition) is 0. The Kier molecular flexibility index (Phi) is 9.93. The van der Waals surface area contributed by atoms with Crippen molar-refractivity contribution in [2.24, 2.45) is 0 Å². The molecule has 4 nitrogen and oxygen atoms in total. The molecule has 0 aliphatic heterocycles. The molecule has 0 saturated heterocycles. The van der Waals surface area contributed by atoms with E-state index in [2.05, 4.69) is 4.74 Å². The minimum absolute atomic E-state index is 0.0252. The van der Waals surface area contributed by atoms with Crippen LogP contribution in [0.3, 0.4) is 0 Å². The number of benzene rings is 2. The number of esters is 1. The second-order valence-electron chi connectivity index (χ2n) is 8.84. The predicted octanol–water partition coefficient (Wildman–Crippen LogP) is 8.69. The van der Waals surface area contributed by atoms with Gasteiger partial charge in [0.15, 0.2) is 0 Å². The minimum Gasteiger partial charge on any atom is -0.497 e. The van der Waals surface area contributed by atoms with E-state index in [0.29, 0.717) is 5.75 Å². The normalized spacial score (nSPS) is 14.3. The van der Waals surface area contributed by atoms with Crippen molar-refractivity contribution in [3.63, 3.8) is 0 Å². The molecule has 0 unspecified atom stereocenters. The van der Waals surface area contributed by atoms with Gasteiger partial charge in [0, 0.05) is 0 Å². The van der Waals surface area contributed by atoms with E-state index < -0.39 is 72.4 Å². The van der Waals surface area contributed by atoms with Crippen LogP contribution in [0.1, 0.15) is 16.8 Å². The molecule has 0 N–H and O–H groups in total. The van der Waals surface area contributed by atoms with Crippen molar-refractivity contribution in [1.82, 2.24) is 0 Å². The van der Waals surface area contributed by atoms with E-state index in [-0.39, 0.29) is 11.3 Å². The summed E-state index contributed by atoms with van der Waals surface area (Å²) in [6.45, 7) is -1.81. The van der Waals surface area contributed by atoms with Crippen molar-refractivity contribution in [2.45, 2.75) is 54.1 Å². The van der Waals surface area contributed by atoms with Gasteiger partial charge in [0.1, 0.15) is 17.2 Å². The summed E-state index contributed by atoms with van der Waals surface area (Å²) in [7, 11) is 1.35. The molecule has 0 spiro atoms. The smallest absolute Gasteiger partial charge is 0.460 e. The van der Waals surface area contributed by atoms with E-state index >= 15 is 0 Å². The first-order chi connectivity index (χ1) is 20.1. The van der Waals surface area contributed by atoms with E-state index in [1.165, 1.54) is 31.4 Å². The lowest BCUT2D eigenvalue weighted by Crippen LogP contribution is -2.74. The zero-order valence-corrected chi connectivity index (χ0v) is 21.6. The highest BCUT2D eigenvalue weighted by molar-refractivity contribution is 5.91. The lowest BCUT2D eigenvalue weighted by Gasteiger charge is -2.42. The molecule has 2 aromatic rings.